The van der Waals surface area contributed by atoms with E-state index in [1.54, 1.807) is 41.6 Å². The Morgan fingerprint density at radius 1 is 1.31 bits per heavy atom. The molecule has 1 aliphatic heterocycles. The molecule has 0 bridgehead atoms. The SMILES string of the molecule is C[C@H](CO)N1C[C@H](C)[C@@H](CN(C)C)Oc2ccc(NC(=O)c3ccncc3)cc2CC1=O. The molecule has 1 aromatic carbocycles. The number of hydrogen-bond acceptors (Lipinski definition) is 6. The largest absolute Gasteiger partial charge is 0.488 e. The first-order valence-electron chi connectivity index (χ1n) is 10.8. The summed E-state index contributed by atoms with van der Waals surface area (Å²) >= 11 is 0. The maximum absolute atomic E-state index is 13.2. The lowest BCUT2D eigenvalue weighted by molar-refractivity contribution is -0.134. The number of fused-ring (bicyclic) bond motifs is 1. The van der Waals surface area contributed by atoms with Crippen molar-refractivity contribution in [2.45, 2.75) is 32.4 Å². The Morgan fingerprint density at radius 3 is 2.69 bits per heavy atom. The van der Waals surface area contributed by atoms with Crippen molar-refractivity contribution in [3.8, 4) is 5.75 Å². The highest BCUT2D eigenvalue weighted by molar-refractivity contribution is 6.04. The molecule has 0 aliphatic carbocycles. The highest BCUT2D eigenvalue weighted by atomic mass is 16.5. The van der Waals surface area contributed by atoms with E-state index in [-0.39, 0.29) is 42.9 Å². The topological polar surface area (TPSA) is 95.0 Å². The summed E-state index contributed by atoms with van der Waals surface area (Å²) in [6.45, 7) is 4.99. The number of hydrogen-bond donors (Lipinski definition) is 2. The second-order valence-corrected chi connectivity index (χ2v) is 8.66. The summed E-state index contributed by atoms with van der Waals surface area (Å²) in [6.07, 6.45) is 3.11. The first-order chi connectivity index (χ1) is 15.3. The maximum atomic E-state index is 13.2. The van der Waals surface area contributed by atoms with Crippen molar-refractivity contribution >= 4 is 17.5 Å². The number of pyridine rings is 1. The fourth-order valence-corrected chi connectivity index (χ4v) is 3.79. The molecule has 0 spiro atoms. The Balaban J connectivity index is 1.92. The number of aliphatic hydroxyl groups excluding tert-OH is 1. The van der Waals surface area contributed by atoms with Crippen molar-refractivity contribution in [3.05, 3.63) is 53.9 Å². The number of rotatable bonds is 6. The van der Waals surface area contributed by atoms with Crippen molar-refractivity contribution in [2.75, 3.05) is 39.1 Å². The van der Waals surface area contributed by atoms with Crippen molar-refractivity contribution in [1.82, 2.24) is 14.8 Å². The summed E-state index contributed by atoms with van der Waals surface area (Å²) in [5, 5.41) is 12.6. The molecule has 8 nitrogen and oxygen atoms in total. The van der Waals surface area contributed by atoms with E-state index in [0.29, 0.717) is 35.7 Å². The first-order valence-corrected chi connectivity index (χ1v) is 10.8. The third-order valence-corrected chi connectivity index (χ3v) is 5.66. The van der Waals surface area contributed by atoms with Gasteiger partial charge >= 0.3 is 0 Å². The van der Waals surface area contributed by atoms with Crippen LogP contribution in [-0.2, 0) is 11.2 Å². The zero-order valence-corrected chi connectivity index (χ0v) is 19.1. The van der Waals surface area contributed by atoms with E-state index in [9.17, 15) is 14.7 Å². The van der Waals surface area contributed by atoms with Gasteiger partial charge in [-0.05, 0) is 51.4 Å². The van der Waals surface area contributed by atoms with Gasteiger partial charge in [-0.15, -0.1) is 0 Å². The maximum Gasteiger partial charge on any atom is 0.255 e. The van der Waals surface area contributed by atoms with Crippen LogP contribution < -0.4 is 10.1 Å². The Morgan fingerprint density at radius 2 is 2.03 bits per heavy atom. The number of aromatic nitrogens is 1. The van der Waals surface area contributed by atoms with Crippen molar-refractivity contribution in [3.63, 3.8) is 0 Å². The number of anilines is 1. The van der Waals surface area contributed by atoms with Crippen molar-refractivity contribution < 1.29 is 19.4 Å². The smallest absolute Gasteiger partial charge is 0.255 e. The minimum atomic E-state index is -0.291. The minimum absolute atomic E-state index is 0.0624. The molecule has 1 aliphatic rings. The van der Waals surface area contributed by atoms with E-state index in [4.69, 9.17) is 4.74 Å². The summed E-state index contributed by atoms with van der Waals surface area (Å²) in [5.74, 6) is 0.369. The summed E-state index contributed by atoms with van der Waals surface area (Å²) in [5.41, 5.74) is 1.79. The van der Waals surface area contributed by atoms with Crippen LogP contribution in [0.3, 0.4) is 0 Å². The van der Waals surface area contributed by atoms with E-state index in [2.05, 4.69) is 22.1 Å². The van der Waals surface area contributed by atoms with Crippen LogP contribution in [0.1, 0.15) is 29.8 Å². The predicted octanol–water partition coefficient (Wildman–Crippen LogP) is 2.04. The average Bonchev–Trinajstić information content (AvgIpc) is 2.81. The number of nitrogens with zero attached hydrogens (tertiary/aromatic N) is 3. The Kier molecular flexibility index (Phi) is 7.82. The monoisotopic (exact) mass is 440 g/mol. The second-order valence-electron chi connectivity index (χ2n) is 8.66. The number of carbonyl (C=O) groups excluding carboxylic acids is 2. The van der Waals surface area contributed by atoms with E-state index >= 15 is 0 Å². The predicted molar refractivity (Wildman–Crippen MR) is 123 cm³/mol. The van der Waals surface area contributed by atoms with Gasteiger partial charge in [0.25, 0.3) is 5.91 Å². The number of likely N-dealkylation sites (N-methyl/N-ethyl adjacent to an activating group) is 1. The van der Waals surface area contributed by atoms with E-state index < -0.39 is 0 Å². The third-order valence-electron chi connectivity index (χ3n) is 5.66. The van der Waals surface area contributed by atoms with Crippen LogP contribution in [0, 0.1) is 5.92 Å². The fourth-order valence-electron chi connectivity index (χ4n) is 3.79. The van der Waals surface area contributed by atoms with Crippen LogP contribution in [-0.4, -0.2) is 77.6 Å². The molecular formula is C24H32N4O4. The van der Waals surface area contributed by atoms with E-state index in [1.807, 2.05) is 27.1 Å². The molecule has 0 unspecified atom stereocenters. The zero-order chi connectivity index (χ0) is 23.3. The molecule has 2 N–H and O–H groups in total. The highest BCUT2D eigenvalue weighted by Crippen LogP contribution is 2.29. The molecule has 3 rings (SSSR count). The molecule has 2 amide bonds. The number of nitrogens with one attached hydrogen (secondary N) is 1. The van der Waals surface area contributed by atoms with Gasteiger partial charge in [0.2, 0.25) is 5.91 Å². The molecule has 32 heavy (non-hydrogen) atoms. The zero-order valence-electron chi connectivity index (χ0n) is 19.1. The van der Waals surface area contributed by atoms with Crippen LogP contribution in [0.15, 0.2) is 42.7 Å². The summed E-state index contributed by atoms with van der Waals surface area (Å²) in [4.78, 5) is 33.4. The lowest BCUT2D eigenvalue weighted by atomic mass is 10.0. The number of carbonyl (C=O) groups is 2. The van der Waals surface area contributed by atoms with Crippen LogP contribution in [0.25, 0.3) is 0 Å². The van der Waals surface area contributed by atoms with Crippen molar-refractivity contribution in [1.29, 1.82) is 0 Å². The standard InChI is InChI=1S/C24H32N4O4/c1-16-13-28(17(2)15-29)23(30)12-19-11-20(26-24(31)18-7-9-25-10-8-18)5-6-21(19)32-22(16)14-27(3)4/h5-11,16-17,22,29H,12-15H2,1-4H3,(H,26,31)/t16-,17+,22+/m0/s1. The fraction of sp³-hybridized carbons (Fsp3) is 0.458. The van der Waals surface area contributed by atoms with Gasteiger partial charge in [-0.25, -0.2) is 0 Å². The average molecular weight is 441 g/mol. The molecule has 1 aromatic heterocycles. The minimum Gasteiger partial charge on any atom is -0.488 e. The van der Waals surface area contributed by atoms with E-state index in [0.717, 1.165) is 0 Å². The normalized spacial score (nSPS) is 19.9. The van der Waals surface area contributed by atoms with Gasteiger partial charge in [-0.1, -0.05) is 6.92 Å². The second kappa shape index (κ2) is 10.6. The Bertz CT molecular complexity index is 935. The van der Waals surface area contributed by atoms with Gasteiger partial charge in [0.05, 0.1) is 19.1 Å². The van der Waals surface area contributed by atoms with Crippen LogP contribution >= 0.6 is 0 Å². The molecule has 172 valence electrons. The quantitative estimate of drug-likeness (QED) is 0.714. The molecular weight excluding hydrogens is 408 g/mol. The van der Waals surface area contributed by atoms with Gasteiger partial charge < -0.3 is 25.0 Å². The number of aliphatic hydroxyl groups is 1. The lowest BCUT2D eigenvalue weighted by Gasteiger charge is -2.33. The molecule has 0 saturated heterocycles. The number of amides is 2. The van der Waals surface area contributed by atoms with Crippen LogP contribution in [0.2, 0.25) is 0 Å². The van der Waals surface area contributed by atoms with Gasteiger partial charge in [0.1, 0.15) is 11.9 Å². The van der Waals surface area contributed by atoms with Crippen LogP contribution in [0.4, 0.5) is 5.69 Å². The van der Waals surface area contributed by atoms with Gasteiger partial charge in [0.15, 0.2) is 0 Å². The lowest BCUT2D eigenvalue weighted by Crippen LogP contribution is -2.47. The first kappa shape index (κ1) is 23.7. The van der Waals surface area contributed by atoms with Crippen molar-refractivity contribution in [2.24, 2.45) is 5.92 Å². The molecule has 0 saturated carbocycles. The molecule has 3 atom stereocenters. The number of benzene rings is 1. The molecule has 2 heterocycles. The summed E-state index contributed by atoms with van der Waals surface area (Å²) in [6, 6.07) is 8.37. The third kappa shape index (κ3) is 5.83. The summed E-state index contributed by atoms with van der Waals surface area (Å²) < 4.78 is 6.39. The van der Waals surface area contributed by atoms with Crippen LogP contribution in [0.5, 0.6) is 5.75 Å². The Hall–Kier alpha value is -2.97. The van der Waals surface area contributed by atoms with Gasteiger partial charge in [0, 0.05) is 48.2 Å². The van der Waals surface area contributed by atoms with Gasteiger partial charge in [-0.3, -0.25) is 14.6 Å². The molecule has 0 fully saturated rings. The highest BCUT2D eigenvalue weighted by Gasteiger charge is 2.30. The Labute approximate surface area is 189 Å². The summed E-state index contributed by atoms with van der Waals surface area (Å²) in [7, 11) is 3.97. The van der Waals surface area contributed by atoms with Gasteiger partial charge in [-0.2, -0.15) is 0 Å². The van der Waals surface area contributed by atoms with E-state index in [1.165, 1.54) is 0 Å². The number of ether oxygens (including phenoxy) is 1. The molecule has 0 radical (unpaired) electrons. The molecule has 8 heteroatoms. The molecule has 2 aromatic rings.